The molecule has 0 fully saturated rings. The van der Waals surface area contributed by atoms with Crippen molar-refractivity contribution in [3.8, 4) is 5.75 Å². The molecule has 1 rings (SSSR count). The summed E-state index contributed by atoms with van der Waals surface area (Å²) in [6.07, 6.45) is 0. The summed E-state index contributed by atoms with van der Waals surface area (Å²) in [7, 11) is 1.69. The smallest absolute Gasteiger partial charge is 0.137 e. The van der Waals surface area contributed by atoms with Crippen LogP contribution in [-0.4, -0.2) is 26.4 Å². The van der Waals surface area contributed by atoms with Gasteiger partial charge in [0.05, 0.1) is 18.2 Å². The Morgan fingerprint density at radius 1 is 1.25 bits per heavy atom. The van der Waals surface area contributed by atoms with Crippen LogP contribution in [-0.2, 0) is 11.3 Å². The molecule has 114 valence electrons. The minimum Gasteiger partial charge on any atom is -0.495 e. The third kappa shape index (κ3) is 5.35. The quantitative estimate of drug-likeness (QED) is 0.692. The molecule has 0 bridgehead atoms. The van der Waals surface area contributed by atoms with E-state index in [0.29, 0.717) is 12.0 Å². The molecule has 1 atom stereocenters. The molecule has 0 aliphatic heterocycles. The van der Waals surface area contributed by atoms with Gasteiger partial charge in [0.15, 0.2) is 0 Å². The molecule has 0 amide bonds. The number of halogens is 2. The van der Waals surface area contributed by atoms with Gasteiger partial charge >= 0.3 is 0 Å². The van der Waals surface area contributed by atoms with Crippen molar-refractivity contribution in [3.05, 3.63) is 26.6 Å². The van der Waals surface area contributed by atoms with Crippen LogP contribution in [0.25, 0.3) is 0 Å². The van der Waals surface area contributed by atoms with Gasteiger partial charge in [-0.2, -0.15) is 0 Å². The molecule has 1 aromatic carbocycles. The van der Waals surface area contributed by atoms with Crippen LogP contribution in [0.4, 0.5) is 0 Å². The fraction of sp³-hybridized carbons (Fsp3) is 0.600. The lowest BCUT2D eigenvalue weighted by atomic mass is 10.0. The summed E-state index contributed by atoms with van der Waals surface area (Å²) < 4.78 is 13.0. The van der Waals surface area contributed by atoms with E-state index in [2.05, 4.69) is 57.1 Å². The van der Waals surface area contributed by atoms with Gasteiger partial charge in [0, 0.05) is 29.2 Å². The zero-order chi connectivity index (χ0) is 15.1. The Morgan fingerprint density at radius 3 is 2.50 bits per heavy atom. The maximum atomic E-state index is 5.54. The van der Waals surface area contributed by atoms with Crippen LogP contribution < -0.4 is 10.1 Å². The van der Waals surface area contributed by atoms with E-state index in [0.717, 1.165) is 40.0 Å². The van der Waals surface area contributed by atoms with Crippen LogP contribution in [0.3, 0.4) is 0 Å². The Balaban J connectivity index is 2.76. The summed E-state index contributed by atoms with van der Waals surface area (Å²) in [4.78, 5) is 0. The predicted molar refractivity (Wildman–Crippen MR) is 90.4 cm³/mol. The molecule has 20 heavy (non-hydrogen) atoms. The second-order valence-electron chi connectivity index (χ2n) is 4.97. The van der Waals surface area contributed by atoms with Crippen molar-refractivity contribution in [1.82, 2.24) is 5.32 Å². The van der Waals surface area contributed by atoms with E-state index in [-0.39, 0.29) is 0 Å². The molecule has 1 N–H and O–H groups in total. The summed E-state index contributed by atoms with van der Waals surface area (Å²) in [5.74, 6) is 1.39. The minimum atomic E-state index is 0.331. The van der Waals surface area contributed by atoms with Gasteiger partial charge in [0.2, 0.25) is 0 Å². The Hall–Kier alpha value is -0.100. The van der Waals surface area contributed by atoms with Crippen molar-refractivity contribution in [2.75, 3.05) is 20.3 Å². The Kier molecular flexibility index (Phi) is 8.10. The first-order valence-corrected chi connectivity index (χ1v) is 8.41. The molecular formula is C15H23Br2NO2. The average molecular weight is 409 g/mol. The van der Waals surface area contributed by atoms with Crippen LogP contribution in [0.5, 0.6) is 5.75 Å². The molecule has 0 saturated carbocycles. The van der Waals surface area contributed by atoms with Crippen molar-refractivity contribution >= 4 is 31.9 Å². The summed E-state index contributed by atoms with van der Waals surface area (Å²) in [6.45, 7) is 8.64. The van der Waals surface area contributed by atoms with Gasteiger partial charge in [-0.15, -0.1) is 0 Å². The molecular weight excluding hydrogens is 386 g/mol. The largest absolute Gasteiger partial charge is 0.495 e. The van der Waals surface area contributed by atoms with Crippen LogP contribution in [0.1, 0.15) is 26.3 Å². The number of methoxy groups -OCH3 is 1. The first-order chi connectivity index (χ1) is 9.49. The highest BCUT2D eigenvalue weighted by atomic mass is 79.9. The molecule has 0 radical (unpaired) electrons. The third-order valence-corrected chi connectivity index (χ3v) is 4.20. The van der Waals surface area contributed by atoms with E-state index in [9.17, 15) is 0 Å². The summed E-state index contributed by atoms with van der Waals surface area (Å²) in [5.41, 5.74) is 1.12. The molecule has 1 aromatic rings. The lowest BCUT2D eigenvalue weighted by molar-refractivity contribution is 0.107. The fourth-order valence-electron chi connectivity index (χ4n) is 1.95. The highest BCUT2D eigenvalue weighted by Crippen LogP contribution is 2.32. The summed E-state index contributed by atoms with van der Waals surface area (Å²) in [6, 6.07) is 4.40. The molecule has 0 saturated heterocycles. The lowest BCUT2D eigenvalue weighted by Gasteiger charge is -2.23. The van der Waals surface area contributed by atoms with Gasteiger partial charge in [0.25, 0.3) is 0 Å². The molecule has 0 aliphatic rings. The van der Waals surface area contributed by atoms with Gasteiger partial charge < -0.3 is 14.8 Å². The first-order valence-electron chi connectivity index (χ1n) is 6.82. The van der Waals surface area contributed by atoms with Gasteiger partial charge in [-0.1, -0.05) is 29.8 Å². The summed E-state index contributed by atoms with van der Waals surface area (Å²) in [5, 5.41) is 3.55. The van der Waals surface area contributed by atoms with Crippen LogP contribution in [0.2, 0.25) is 0 Å². The zero-order valence-electron chi connectivity index (χ0n) is 12.5. The topological polar surface area (TPSA) is 30.5 Å². The standard InChI is InChI=1S/C15H23Br2NO2/c1-5-20-9-14(10(2)3)18-8-11-6-12(16)7-13(17)15(11)19-4/h6-7,10,14,18H,5,8-9H2,1-4H3. The Morgan fingerprint density at radius 2 is 1.95 bits per heavy atom. The molecule has 0 aliphatic carbocycles. The second-order valence-corrected chi connectivity index (χ2v) is 6.74. The van der Waals surface area contributed by atoms with Crippen molar-refractivity contribution in [1.29, 1.82) is 0 Å². The molecule has 0 aromatic heterocycles. The molecule has 5 heteroatoms. The number of hydrogen-bond acceptors (Lipinski definition) is 3. The number of ether oxygens (including phenoxy) is 2. The van der Waals surface area contributed by atoms with Crippen molar-refractivity contribution in [2.24, 2.45) is 5.92 Å². The second kappa shape index (κ2) is 9.03. The normalized spacial score (nSPS) is 12.8. The number of hydrogen-bond donors (Lipinski definition) is 1. The molecule has 3 nitrogen and oxygen atoms in total. The van der Waals surface area contributed by atoms with Gasteiger partial charge in [-0.3, -0.25) is 0 Å². The van der Waals surface area contributed by atoms with Crippen molar-refractivity contribution in [2.45, 2.75) is 33.4 Å². The van der Waals surface area contributed by atoms with Crippen LogP contribution >= 0.6 is 31.9 Å². The lowest BCUT2D eigenvalue weighted by Crippen LogP contribution is -2.37. The number of rotatable bonds is 8. The monoisotopic (exact) mass is 407 g/mol. The van der Waals surface area contributed by atoms with Gasteiger partial charge in [0.1, 0.15) is 5.75 Å². The summed E-state index contributed by atoms with van der Waals surface area (Å²) >= 11 is 7.04. The highest BCUT2D eigenvalue weighted by molar-refractivity contribution is 9.11. The SMILES string of the molecule is CCOCC(NCc1cc(Br)cc(Br)c1OC)C(C)C. The van der Waals surface area contributed by atoms with Gasteiger partial charge in [-0.05, 0) is 40.9 Å². The van der Waals surface area contributed by atoms with E-state index >= 15 is 0 Å². The number of nitrogens with one attached hydrogen (secondary N) is 1. The van der Waals surface area contributed by atoms with E-state index in [1.54, 1.807) is 7.11 Å². The molecule has 0 heterocycles. The maximum absolute atomic E-state index is 5.54. The van der Waals surface area contributed by atoms with Crippen LogP contribution in [0, 0.1) is 5.92 Å². The van der Waals surface area contributed by atoms with E-state index in [4.69, 9.17) is 9.47 Å². The van der Waals surface area contributed by atoms with E-state index in [1.165, 1.54) is 0 Å². The third-order valence-electron chi connectivity index (χ3n) is 3.15. The van der Waals surface area contributed by atoms with Crippen LogP contribution in [0.15, 0.2) is 21.1 Å². The van der Waals surface area contributed by atoms with E-state index < -0.39 is 0 Å². The zero-order valence-corrected chi connectivity index (χ0v) is 15.7. The Bertz CT molecular complexity index is 425. The molecule has 0 spiro atoms. The van der Waals surface area contributed by atoms with Crippen molar-refractivity contribution in [3.63, 3.8) is 0 Å². The predicted octanol–water partition coefficient (Wildman–Crippen LogP) is 4.37. The average Bonchev–Trinajstić information content (AvgIpc) is 2.37. The van der Waals surface area contributed by atoms with Gasteiger partial charge in [-0.25, -0.2) is 0 Å². The Labute approximate surface area is 138 Å². The maximum Gasteiger partial charge on any atom is 0.137 e. The first kappa shape index (κ1) is 18.0. The van der Waals surface area contributed by atoms with E-state index in [1.807, 2.05) is 13.0 Å². The molecule has 1 unspecified atom stereocenters. The minimum absolute atomic E-state index is 0.331. The number of benzene rings is 1. The van der Waals surface area contributed by atoms with Crippen molar-refractivity contribution < 1.29 is 9.47 Å². The highest BCUT2D eigenvalue weighted by Gasteiger charge is 2.15. The fourth-order valence-corrected chi connectivity index (χ4v) is 3.42.